The van der Waals surface area contributed by atoms with Crippen molar-refractivity contribution in [1.29, 1.82) is 0 Å². The fourth-order valence-electron chi connectivity index (χ4n) is 3.45. The summed E-state index contributed by atoms with van der Waals surface area (Å²) in [6.07, 6.45) is 0. The molecule has 0 aliphatic carbocycles. The van der Waals surface area contributed by atoms with Crippen LogP contribution in [0.5, 0.6) is 23.0 Å². The summed E-state index contributed by atoms with van der Waals surface area (Å²) in [5.41, 5.74) is 5.88. The van der Waals surface area contributed by atoms with Crippen LogP contribution in [0.15, 0.2) is 42.5 Å². The van der Waals surface area contributed by atoms with E-state index in [1.54, 1.807) is 52.3 Å². The Morgan fingerprint density at radius 2 is 1.56 bits per heavy atom. The van der Waals surface area contributed by atoms with E-state index in [9.17, 15) is 9.59 Å². The van der Waals surface area contributed by atoms with Crippen LogP contribution in [0.3, 0.4) is 0 Å². The molecular formula is C23H29N3O6. The van der Waals surface area contributed by atoms with E-state index in [1.807, 2.05) is 0 Å². The average molecular weight is 444 g/mol. The van der Waals surface area contributed by atoms with Gasteiger partial charge < -0.3 is 34.5 Å². The minimum absolute atomic E-state index is 0.0853. The number of nitrogens with zero attached hydrogens (tertiary/aromatic N) is 2. The van der Waals surface area contributed by atoms with Crippen LogP contribution in [0.2, 0.25) is 0 Å². The van der Waals surface area contributed by atoms with Crippen LogP contribution in [0.4, 0.5) is 0 Å². The van der Waals surface area contributed by atoms with E-state index in [1.165, 1.54) is 14.2 Å². The largest absolute Gasteiger partial charge is 0.493 e. The second kappa shape index (κ2) is 11.2. The van der Waals surface area contributed by atoms with Gasteiger partial charge in [-0.05, 0) is 24.3 Å². The van der Waals surface area contributed by atoms with Gasteiger partial charge in [0.05, 0.1) is 19.8 Å². The number of nitrogens with two attached hydrogens (primary N) is 1. The summed E-state index contributed by atoms with van der Waals surface area (Å²) in [4.78, 5) is 29.0. The zero-order valence-electron chi connectivity index (χ0n) is 18.4. The molecule has 0 spiro atoms. The van der Waals surface area contributed by atoms with Gasteiger partial charge >= 0.3 is 0 Å². The molecule has 2 aromatic rings. The van der Waals surface area contributed by atoms with Gasteiger partial charge in [0.15, 0.2) is 18.1 Å². The molecule has 0 bridgehead atoms. The Hall–Kier alpha value is -3.46. The lowest BCUT2D eigenvalue weighted by molar-refractivity contribution is -0.134. The predicted octanol–water partition coefficient (Wildman–Crippen LogP) is 1.40. The molecule has 0 radical (unpaired) electrons. The minimum Gasteiger partial charge on any atom is -0.493 e. The molecule has 3 rings (SSSR count). The molecule has 9 nitrogen and oxygen atoms in total. The van der Waals surface area contributed by atoms with Crippen molar-refractivity contribution in [2.75, 3.05) is 60.2 Å². The van der Waals surface area contributed by atoms with E-state index >= 15 is 0 Å². The van der Waals surface area contributed by atoms with Crippen molar-refractivity contribution in [1.82, 2.24) is 9.80 Å². The summed E-state index contributed by atoms with van der Waals surface area (Å²) >= 11 is 0. The van der Waals surface area contributed by atoms with Crippen molar-refractivity contribution in [3.8, 4) is 23.0 Å². The molecule has 0 unspecified atom stereocenters. The topological polar surface area (TPSA) is 104 Å². The van der Waals surface area contributed by atoms with Crippen molar-refractivity contribution < 1.29 is 28.5 Å². The van der Waals surface area contributed by atoms with E-state index in [2.05, 4.69) is 0 Å². The molecule has 0 aromatic heterocycles. The first kappa shape index (κ1) is 23.2. The maximum atomic E-state index is 13.0. The molecule has 32 heavy (non-hydrogen) atoms. The highest BCUT2D eigenvalue weighted by Gasteiger charge is 2.27. The molecule has 1 aliphatic rings. The third-order valence-electron chi connectivity index (χ3n) is 5.11. The highest BCUT2D eigenvalue weighted by molar-refractivity contribution is 5.98. The summed E-state index contributed by atoms with van der Waals surface area (Å²) in [6, 6.07) is 12.3. The lowest BCUT2D eigenvalue weighted by atomic mass is 10.1. The Kier molecular flexibility index (Phi) is 8.15. The molecule has 2 amide bonds. The van der Waals surface area contributed by atoms with Gasteiger partial charge in [-0.1, -0.05) is 12.1 Å². The maximum absolute atomic E-state index is 13.0. The summed E-state index contributed by atoms with van der Waals surface area (Å²) in [6.45, 7) is 2.45. The van der Waals surface area contributed by atoms with Gasteiger partial charge in [-0.3, -0.25) is 9.59 Å². The second-order valence-corrected chi connectivity index (χ2v) is 7.11. The molecule has 1 fully saturated rings. The molecule has 9 heteroatoms. The Labute approximate surface area is 187 Å². The lowest BCUT2D eigenvalue weighted by Crippen LogP contribution is -2.51. The highest BCUT2D eigenvalue weighted by Crippen LogP contribution is 2.31. The van der Waals surface area contributed by atoms with Gasteiger partial charge in [0, 0.05) is 38.8 Å². The number of carbonyl (C=O) groups is 2. The molecule has 2 N–H and O–H groups in total. The van der Waals surface area contributed by atoms with Crippen LogP contribution in [0.1, 0.15) is 10.4 Å². The Morgan fingerprint density at radius 3 is 2.22 bits per heavy atom. The number of methoxy groups -OCH3 is 2. The number of amides is 2. The van der Waals surface area contributed by atoms with Crippen LogP contribution in [0.25, 0.3) is 0 Å². The smallest absolute Gasteiger partial charge is 0.260 e. The quantitative estimate of drug-likeness (QED) is 0.625. The third-order valence-corrected chi connectivity index (χ3v) is 5.11. The molecule has 172 valence electrons. The van der Waals surface area contributed by atoms with E-state index in [-0.39, 0.29) is 18.4 Å². The van der Waals surface area contributed by atoms with Gasteiger partial charge in [0.2, 0.25) is 0 Å². The van der Waals surface area contributed by atoms with Gasteiger partial charge in [-0.25, -0.2) is 0 Å². The van der Waals surface area contributed by atoms with Crippen molar-refractivity contribution in [3.63, 3.8) is 0 Å². The SMILES string of the molecule is COc1cccc(C(=O)N2CCN(C(=O)COc3cccc(OCCN)c3)CC2)c1OC. The lowest BCUT2D eigenvalue weighted by Gasteiger charge is -2.35. The number of carbonyl (C=O) groups excluding carboxylic acids is 2. The molecular weight excluding hydrogens is 414 g/mol. The maximum Gasteiger partial charge on any atom is 0.260 e. The second-order valence-electron chi connectivity index (χ2n) is 7.11. The van der Waals surface area contributed by atoms with Crippen LogP contribution >= 0.6 is 0 Å². The number of benzene rings is 2. The van der Waals surface area contributed by atoms with E-state index in [4.69, 9.17) is 24.7 Å². The fourth-order valence-corrected chi connectivity index (χ4v) is 3.45. The standard InChI is InChI=1S/C23H29N3O6/c1-29-20-8-4-7-19(22(20)30-2)23(28)26-12-10-25(11-13-26)21(27)16-32-18-6-3-5-17(15-18)31-14-9-24/h3-8,15H,9-14,16,24H2,1-2H3. The number of para-hydroxylation sites is 1. The fraction of sp³-hybridized carbons (Fsp3) is 0.391. The highest BCUT2D eigenvalue weighted by atomic mass is 16.5. The van der Waals surface area contributed by atoms with E-state index in [0.717, 1.165) is 0 Å². The summed E-state index contributed by atoms with van der Waals surface area (Å²) in [7, 11) is 3.03. The minimum atomic E-state index is -0.154. The first-order valence-electron chi connectivity index (χ1n) is 10.4. The normalized spacial score (nSPS) is 13.5. The van der Waals surface area contributed by atoms with Crippen molar-refractivity contribution in [3.05, 3.63) is 48.0 Å². The Balaban J connectivity index is 1.52. The van der Waals surface area contributed by atoms with Gasteiger partial charge in [-0.2, -0.15) is 0 Å². The van der Waals surface area contributed by atoms with E-state index in [0.29, 0.717) is 67.9 Å². The number of hydrogen-bond acceptors (Lipinski definition) is 7. The summed E-state index contributed by atoms with van der Waals surface area (Å²) in [5, 5.41) is 0. The first-order valence-corrected chi connectivity index (χ1v) is 10.4. The van der Waals surface area contributed by atoms with Crippen molar-refractivity contribution >= 4 is 11.8 Å². The van der Waals surface area contributed by atoms with Crippen molar-refractivity contribution in [2.45, 2.75) is 0 Å². The zero-order valence-corrected chi connectivity index (χ0v) is 18.4. The monoisotopic (exact) mass is 443 g/mol. The van der Waals surface area contributed by atoms with Gasteiger partial charge in [-0.15, -0.1) is 0 Å². The third kappa shape index (κ3) is 5.61. The summed E-state index contributed by atoms with van der Waals surface area (Å²) in [5.74, 6) is 1.81. The van der Waals surface area contributed by atoms with Gasteiger partial charge in [0.25, 0.3) is 11.8 Å². The Bertz CT molecular complexity index is 928. The van der Waals surface area contributed by atoms with Crippen LogP contribution in [-0.2, 0) is 4.79 Å². The van der Waals surface area contributed by atoms with Crippen LogP contribution in [-0.4, -0.2) is 81.8 Å². The first-order chi connectivity index (χ1) is 15.6. The van der Waals surface area contributed by atoms with Crippen molar-refractivity contribution in [2.24, 2.45) is 5.73 Å². The predicted molar refractivity (Wildman–Crippen MR) is 119 cm³/mol. The number of ether oxygens (including phenoxy) is 4. The molecule has 0 atom stereocenters. The molecule has 1 aliphatic heterocycles. The number of rotatable bonds is 9. The number of piperazine rings is 1. The zero-order chi connectivity index (χ0) is 22.9. The van der Waals surface area contributed by atoms with Gasteiger partial charge in [0.1, 0.15) is 18.1 Å². The van der Waals surface area contributed by atoms with E-state index < -0.39 is 0 Å². The number of hydrogen-bond donors (Lipinski definition) is 1. The molecule has 1 saturated heterocycles. The molecule has 2 aromatic carbocycles. The Morgan fingerprint density at radius 1 is 0.906 bits per heavy atom. The summed E-state index contributed by atoms with van der Waals surface area (Å²) < 4.78 is 21.7. The molecule has 0 saturated carbocycles. The van der Waals surface area contributed by atoms with Crippen LogP contribution < -0.4 is 24.7 Å². The molecule has 1 heterocycles. The average Bonchev–Trinajstić information content (AvgIpc) is 2.85. The van der Waals surface area contributed by atoms with Crippen LogP contribution in [0, 0.1) is 0 Å².